The Morgan fingerprint density at radius 1 is 0.667 bits per heavy atom. The van der Waals surface area contributed by atoms with Gasteiger partial charge in [-0.3, -0.25) is 0 Å². The highest BCUT2D eigenvalue weighted by molar-refractivity contribution is 5.27. The van der Waals surface area contributed by atoms with Gasteiger partial charge in [0.05, 0.1) is 0 Å². The summed E-state index contributed by atoms with van der Waals surface area (Å²) in [6.45, 7) is 7.01. The molecule has 21 heavy (non-hydrogen) atoms. The molecule has 0 spiro atoms. The fourth-order valence-corrected chi connectivity index (χ4v) is 3.14. The van der Waals surface area contributed by atoms with Crippen LogP contribution in [0, 0.1) is 5.92 Å². The fourth-order valence-electron chi connectivity index (χ4n) is 3.14. The molecule has 0 bridgehead atoms. The monoisotopic (exact) mass is 280 g/mol. The maximum atomic E-state index is 2.38. The van der Waals surface area contributed by atoms with Gasteiger partial charge in [-0.1, -0.05) is 94.3 Å². The van der Waals surface area contributed by atoms with Crippen molar-refractivity contribution < 1.29 is 0 Å². The molecule has 0 radical (unpaired) electrons. The van der Waals surface area contributed by atoms with E-state index in [1.54, 1.807) is 0 Å². The standard InChI is InChI=1S/C21H28/c1-17(2)11-10-16-21(20-14-8-5-9-15-20)18(3)19-12-6-4-7-13-19/h4-9,12-15,17-18,21H,10-11,16H2,1-3H3. The molecule has 0 amide bonds. The SMILES string of the molecule is CC(C)CCCC(c1ccccc1)C(C)c1ccccc1. The first-order valence-corrected chi connectivity index (χ1v) is 8.28. The van der Waals surface area contributed by atoms with Crippen LogP contribution in [0.5, 0.6) is 0 Å². The second-order valence-corrected chi connectivity index (χ2v) is 6.54. The molecule has 112 valence electrons. The van der Waals surface area contributed by atoms with E-state index in [1.165, 1.54) is 30.4 Å². The molecule has 0 heterocycles. The summed E-state index contributed by atoms with van der Waals surface area (Å²) in [6.07, 6.45) is 3.91. The van der Waals surface area contributed by atoms with E-state index in [0.717, 1.165) is 5.92 Å². The van der Waals surface area contributed by atoms with Crippen molar-refractivity contribution in [1.82, 2.24) is 0 Å². The maximum Gasteiger partial charge on any atom is -0.00957 e. The van der Waals surface area contributed by atoms with Gasteiger partial charge < -0.3 is 0 Å². The fraction of sp³-hybridized carbons (Fsp3) is 0.429. The first kappa shape index (κ1) is 15.8. The molecule has 0 nitrogen and oxygen atoms in total. The van der Waals surface area contributed by atoms with Crippen LogP contribution in [0.3, 0.4) is 0 Å². The third kappa shape index (κ3) is 4.74. The number of rotatable bonds is 7. The minimum Gasteiger partial charge on any atom is -0.0628 e. The van der Waals surface area contributed by atoms with E-state index in [2.05, 4.69) is 81.4 Å². The Kier molecular flexibility index (Phi) is 6.04. The lowest BCUT2D eigenvalue weighted by molar-refractivity contribution is 0.466. The second-order valence-electron chi connectivity index (χ2n) is 6.54. The largest absolute Gasteiger partial charge is 0.0628 e. The maximum absolute atomic E-state index is 2.38. The predicted octanol–water partition coefficient (Wildman–Crippen LogP) is 6.40. The van der Waals surface area contributed by atoms with Gasteiger partial charge in [-0.05, 0) is 35.3 Å². The van der Waals surface area contributed by atoms with Crippen LogP contribution < -0.4 is 0 Å². The normalized spacial score (nSPS) is 14.1. The molecule has 0 heteroatoms. The van der Waals surface area contributed by atoms with Crippen molar-refractivity contribution in [2.75, 3.05) is 0 Å². The highest BCUT2D eigenvalue weighted by Gasteiger charge is 2.20. The summed E-state index contributed by atoms with van der Waals surface area (Å²) in [5.41, 5.74) is 2.94. The molecule has 2 atom stereocenters. The molecular weight excluding hydrogens is 252 g/mol. The lowest BCUT2D eigenvalue weighted by atomic mass is 9.79. The lowest BCUT2D eigenvalue weighted by Crippen LogP contribution is -2.09. The first-order valence-electron chi connectivity index (χ1n) is 8.28. The van der Waals surface area contributed by atoms with E-state index in [-0.39, 0.29) is 0 Å². The van der Waals surface area contributed by atoms with Crippen molar-refractivity contribution in [3.8, 4) is 0 Å². The average molecular weight is 280 g/mol. The Balaban J connectivity index is 2.15. The van der Waals surface area contributed by atoms with Gasteiger partial charge in [0.25, 0.3) is 0 Å². The van der Waals surface area contributed by atoms with Crippen molar-refractivity contribution in [2.45, 2.75) is 51.9 Å². The quantitative estimate of drug-likeness (QED) is 0.550. The van der Waals surface area contributed by atoms with Crippen LogP contribution in [-0.2, 0) is 0 Å². The molecule has 2 rings (SSSR count). The van der Waals surface area contributed by atoms with Gasteiger partial charge in [0, 0.05) is 0 Å². The Hall–Kier alpha value is -1.56. The van der Waals surface area contributed by atoms with Crippen molar-refractivity contribution in [3.63, 3.8) is 0 Å². The zero-order valence-electron chi connectivity index (χ0n) is 13.6. The van der Waals surface area contributed by atoms with Crippen LogP contribution in [0.15, 0.2) is 60.7 Å². The third-order valence-corrected chi connectivity index (χ3v) is 4.45. The smallest absolute Gasteiger partial charge is 0.00957 e. The van der Waals surface area contributed by atoms with Crippen molar-refractivity contribution in [1.29, 1.82) is 0 Å². The molecule has 2 aromatic rings. The van der Waals surface area contributed by atoms with Crippen LogP contribution in [0.1, 0.15) is 63.0 Å². The van der Waals surface area contributed by atoms with Gasteiger partial charge in [-0.2, -0.15) is 0 Å². The van der Waals surface area contributed by atoms with E-state index in [1.807, 2.05) is 0 Å². The molecule has 0 N–H and O–H groups in total. The first-order chi connectivity index (χ1) is 10.2. The van der Waals surface area contributed by atoms with Crippen molar-refractivity contribution in [2.24, 2.45) is 5.92 Å². The molecular formula is C21H28. The van der Waals surface area contributed by atoms with E-state index in [9.17, 15) is 0 Å². The van der Waals surface area contributed by atoms with Gasteiger partial charge in [0.2, 0.25) is 0 Å². The van der Waals surface area contributed by atoms with Gasteiger partial charge >= 0.3 is 0 Å². The Morgan fingerprint density at radius 2 is 1.19 bits per heavy atom. The van der Waals surface area contributed by atoms with Crippen LogP contribution in [0.4, 0.5) is 0 Å². The number of hydrogen-bond donors (Lipinski definition) is 0. The average Bonchev–Trinajstić information content (AvgIpc) is 2.52. The molecule has 0 aromatic heterocycles. The molecule has 2 aromatic carbocycles. The van der Waals surface area contributed by atoms with Crippen LogP contribution >= 0.6 is 0 Å². The van der Waals surface area contributed by atoms with E-state index >= 15 is 0 Å². The van der Waals surface area contributed by atoms with E-state index < -0.39 is 0 Å². The zero-order chi connectivity index (χ0) is 15.1. The molecule has 0 aliphatic heterocycles. The highest BCUT2D eigenvalue weighted by atomic mass is 14.2. The Labute approximate surface area is 130 Å². The van der Waals surface area contributed by atoms with Crippen molar-refractivity contribution in [3.05, 3.63) is 71.8 Å². The summed E-state index contributed by atoms with van der Waals surface area (Å²) in [5.74, 6) is 1.99. The minimum atomic E-state index is 0.570. The Bertz CT molecular complexity index is 498. The molecule has 0 saturated carbocycles. The molecule has 0 aliphatic carbocycles. The minimum absolute atomic E-state index is 0.570. The van der Waals surface area contributed by atoms with E-state index in [0.29, 0.717) is 11.8 Å². The zero-order valence-corrected chi connectivity index (χ0v) is 13.6. The van der Waals surface area contributed by atoms with Crippen LogP contribution in [0.25, 0.3) is 0 Å². The van der Waals surface area contributed by atoms with Gasteiger partial charge in [-0.15, -0.1) is 0 Å². The van der Waals surface area contributed by atoms with Gasteiger partial charge in [0.1, 0.15) is 0 Å². The summed E-state index contributed by atoms with van der Waals surface area (Å²) < 4.78 is 0. The summed E-state index contributed by atoms with van der Waals surface area (Å²) >= 11 is 0. The summed E-state index contributed by atoms with van der Waals surface area (Å²) in [4.78, 5) is 0. The van der Waals surface area contributed by atoms with Crippen molar-refractivity contribution >= 4 is 0 Å². The molecule has 2 unspecified atom stereocenters. The van der Waals surface area contributed by atoms with Crippen LogP contribution in [-0.4, -0.2) is 0 Å². The van der Waals surface area contributed by atoms with E-state index in [4.69, 9.17) is 0 Å². The number of benzene rings is 2. The van der Waals surface area contributed by atoms with Crippen LogP contribution in [0.2, 0.25) is 0 Å². The Morgan fingerprint density at radius 3 is 1.71 bits per heavy atom. The third-order valence-electron chi connectivity index (χ3n) is 4.45. The highest BCUT2D eigenvalue weighted by Crippen LogP contribution is 2.36. The molecule has 0 fully saturated rings. The number of hydrogen-bond acceptors (Lipinski definition) is 0. The molecule has 0 aliphatic rings. The molecule has 0 saturated heterocycles. The summed E-state index contributed by atoms with van der Waals surface area (Å²) in [6, 6.07) is 22.0. The predicted molar refractivity (Wildman–Crippen MR) is 92.7 cm³/mol. The topological polar surface area (TPSA) is 0 Å². The summed E-state index contributed by atoms with van der Waals surface area (Å²) in [7, 11) is 0. The van der Waals surface area contributed by atoms with Gasteiger partial charge in [-0.25, -0.2) is 0 Å². The lowest BCUT2D eigenvalue weighted by Gasteiger charge is -2.25. The van der Waals surface area contributed by atoms with Gasteiger partial charge in [0.15, 0.2) is 0 Å². The second kappa shape index (κ2) is 8.02. The summed E-state index contributed by atoms with van der Waals surface area (Å²) in [5, 5.41) is 0.